The van der Waals surface area contributed by atoms with Crippen molar-refractivity contribution >= 4 is 38.9 Å². The molecule has 0 unspecified atom stereocenters. The number of carbonyl (C=O) groups is 1. The Morgan fingerprint density at radius 1 is 1.00 bits per heavy atom. The van der Waals surface area contributed by atoms with Gasteiger partial charge in [-0.3, -0.25) is 9.10 Å². The van der Waals surface area contributed by atoms with Crippen molar-refractivity contribution in [2.24, 2.45) is 0 Å². The topological polar surface area (TPSA) is 57.7 Å². The zero-order chi connectivity index (χ0) is 22.0. The second-order valence-corrected chi connectivity index (χ2v) is 9.91. The van der Waals surface area contributed by atoms with Gasteiger partial charge in [0.25, 0.3) is 5.91 Å². The highest BCUT2D eigenvalue weighted by Gasteiger charge is 2.24. The van der Waals surface area contributed by atoms with Crippen molar-refractivity contribution < 1.29 is 13.2 Å². The molecule has 0 radical (unpaired) electrons. The Morgan fingerprint density at radius 3 is 2.39 bits per heavy atom. The van der Waals surface area contributed by atoms with Crippen LogP contribution in [0.2, 0.25) is 5.02 Å². The zero-order valence-corrected chi connectivity index (χ0v) is 18.7. The van der Waals surface area contributed by atoms with Crippen LogP contribution < -0.4 is 9.21 Å². The summed E-state index contributed by atoms with van der Waals surface area (Å²) in [5, 5.41) is 0.506. The van der Waals surface area contributed by atoms with Crippen molar-refractivity contribution in [3.05, 3.63) is 94.5 Å². The summed E-state index contributed by atoms with van der Waals surface area (Å²) in [6, 6.07) is 21.8. The Labute approximate surface area is 187 Å². The molecule has 0 aromatic heterocycles. The van der Waals surface area contributed by atoms with Gasteiger partial charge in [0, 0.05) is 22.8 Å². The normalized spacial score (nSPS) is 13.5. The number of rotatable bonds is 5. The van der Waals surface area contributed by atoms with E-state index in [1.54, 1.807) is 47.4 Å². The Kier molecular flexibility index (Phi) is 6.03. The standard InChI is InChI=1S/C24H23ClN2O3S/c1-31(29,30)27(17-20-8-2-4-10-22(20)25)21-14-12-19(13-15-21)24(28)26-16-6-9-18-7-3-5-11-23(18)26/h2-5,7-8,10-15H,6,9,16-17H2,1H3. The van der Waals surface area contributed by atoms with E-state index in [-0.39, 0.29) is 12.5 Å². The Morgan fingerprint density at radius 2 is 1.68 bits per heavy atom. The predicted molar refractivity (Wildman–Crippen MR) is 125 cm³/mol. The Bertz CT molecular complexity index is 1210. The maximum atomic E-state index is 13.2. The fourth-order valence-electron chi connectivity index (χ4n) is 3.85. The third kappa shape index (κ3) is 4.60. The maximum Gasteiger partial charge on any atom is 0.258 e. The number of nitrogens with zero attached hydrogens (tertiary/aromatic N) is 2. The highest BCUT2D eigenvalue weighted by atomic mass is 35.5. The van der Waals surface area contributed by atoms with Crippen molar-refractivity contribution in [1.29, 1.82) is 0 Å². The fourth-order valence-corrected chi connectivity index (χ4v) is 4.93. The van der Waals surface area contributed by atoms with E-state index in [1.165, 1.54) is 9.87 Å². The first-order valence-corrected chi connectivity index (χ1v) is 12.3. The Hall–Kier alpha value is -2.83. The molecule has 0 fully saturated rings. The smallest absolute Gasteiger partial charge is 0.258 e. The van der Waals surface area contributed by atoms with Gasteiger partial charge in [-0.05, 0) is 60.4 Å². The van der Waals surface area contributed by atoms with Gasteiger partial charge in [0.15, 0.2) is 0 Å². The van der Waals surface area contributed by atoms with Crippen molar-refractivity contribution in [3.63, 3.8) is 0 Å². The van der Waals surface area contributed by atoms with E-state index >= 15 is 0 Å². The van der Waals surface area contributed by atoms with Gasteiger partial charge in [0.2, 0.25) is 10.0 Å². The first kappa shape index (κ1) is 21.4. The second kappa shape index (κ2) is 8.73. The molecule has 0 spiro atoms. The first-order chi connectivity index (χ1) is 14.8. The summed E-state index contributed by atoms with van der Waals surface area (Å²) in [4.78, 5) is 15.0. The van der Waals surface area contributed by atoms with Crippen molar-refractivity contribution in [2.75, 3.05) is 22.0 Å². The molecule has 7 heteroatoms. The number of hydrogen-bond acceptors (Lipinski definition) is 3. The van der Waals surface area contributed by atoms with Gasteiger partial charge < -0.3 is 4.90 Å². The van der Waals surface area contributed by atoms with Gasteiger partial charge in [-0.15, -0.1) is 0 Å². The van der Waals surface area contributed by atoms with Gasteiger partial charge in [-0.1, -0.05) is 48.0 Å². The highest BCUT2D eigenvalue weighted by Crippen LogP contribution is 2.29. The van der Waals surface area contributed by atoms with Crippen molar-refractivity contribution in [1.82, 2.24) is 0 Å². The average Bonchev–Trinajstić information content (AvgIpc) is 2.77. The SMILES string of the molecule is CS(=O)(=O)N(Cc1ccccc1Cl)c1ccc(C(=O)N2CCCc3ccccc32)cc1. The number of amides is 1. The molecule has 0 atom stereocenters. The number of sulfonamides is 1. The summed E-state index contributed by atoms with van der Waals surface area (Å²) in [5.74, 6) is -0.0873. The lowest BCUT2D eigenvalue weighted by Gasteiger charge is -2.29. The van der Waals surface area contributed by atoms with Crippen LogP contribution in [-0.2, 0) is 23.0 Å². The summed E-state index contributed by atoms with van der Waals surface area (Å²) in [7, 11) is -3.55. The average molecular weight is 455 g/mol. The largest absolute Gasteiger partial charge is 0.308 e. The van der Waals surface area contributed by atoms with Crippen LogP contribution in [0.1, 0.15) is 27.9 Å². The summed E-state index contributed by atoms with van der Waals surface area (Å²) >= 11 is 6.23. The summed E-state index contributed by atoms with van der Waals surface area (Å²) in [6.45, 7) is 0.783. The first-order valence-electron chi connectivity index (χ1n) is 10.1. The molecule has 1 heterocycles. The van der Waals surface area contributed by atoms with Gasteiger partial charge in [-0.25, -0.2) is 8.42 Å². The van der Waals surface area contributed by atoms with Crippen LogP contribution in [0.25, 0.3) is 0 Å². The predicted octanol–water partition coefficient (Wildman–Crippen LogP) is 4.90. The highest BCUT2D eigenvalue weighted by molar-refractivity contribution is 7.92. The molecule has 1 amide bonds. The van der Waals surface area contributed by atoms with E-state index in [0.29, 0.717) is 28.4 Å². The molecule has 1 aliphatic rings. The molecular weight excluding hydrogens is 432 g/mol. The van der Waals surface area contributed by atoms with E-state index in [4.69, 9.17) is 11.6 Å². The van der Waals surface area contributed by atoms with Crippen molar-refractivity contribution in [2.45, 2.75) is 19.4 Å². The van der Waals surface area contributed by atoms with Crippen LogP contribution in [0.15, 0.2) is 72.8 Å². The van der Waals surface area contributed by atoms with E-state index < -0.39 is 10.0 Å². The molecule has 0 saturated heterocycles. The number of carbonyl (C=O) groups excluding carboxylic acids is 1. The number of hydrogen-bond donors (Lipinski definition) is 0. The third-order valence-corrected chi connectivity index (χ3v) is 6.94. The molecule has 160 valence electrons. The number of anilines is 2. The molecule has 5 nitrogen and oxygen atoms in total. The van der Waals surface area contributed by atoms with E-state index in [1.807, 2.05) is 24.3 Å². The van der Waals surface area contributed by atoms with E-state index in [2.05, 4.69) is 6.07 Å². The number of halogens is 1. The summed E-state index contributed by atoms with van der Waals surface area (Å²) in [6.07, 6.45) is 3.04. The molecule has 1 aliphatic heterocycles. The van der Waals surface area contributed by atoms with Crippen molar-refractivity contribution in [3.8, 4) is 0 Å². The van der Waals surface area contributed by atoms with Crippen LogP contribution >= 0.6 is 11.6 Å². The number of fused-ring (bicyclic) bond motifs is 1. The quantitative estimate of drug-likeness (QED) is 0.551. The van der Waals surface area contributed by atoms with E-state index in [9.17, 15) is 13.2 Å². The molecule has 3 aromatic carbocycles. The minimum atomic E-state index is -3.55. The van der Waals surface area contributed by atoms with Gasteiger partial charge in [-0.2, -0.15) is 0 Å². The van der Waals surface area contributed by atoms with Crippen LogP contribution in [0, 0.1) is 0 Å². The number of aryl methyl sites for hydroxylation is 1. The third-order valence-electron chi connectivity index (χ3n) is 5.43. The molecule has 0 aliphatic carbocycles. The van der Waals surface area contributed by atoms with Gasteiger partial charge in [0.1, 0.15) is 0 Å². The maximum absolute atomic E-state index is 13.2. The Balaban J connectivity index is 1.61. The van der Waals surface area contributed by atoms with Crippen LogP contribution in [-0.4, -0.2) is 27.1 Å². The molecule has 0 saturated carbocycles. The molecule has 0 N–H and O–H groups in total. The molecule has 3 aromatic rings. The van der Waals surface area contributed by atoms with Gasteiger partial charge >= 0.3 is 0 Å². The van der Waals surface area contributed by atoms with Crippen LogP contribution in [0.4, 0.5) is 11.4 Å². The molecule has 0 bridgehead atoms. The zero-order valence-electron chi connectivity index (χ0n) is 17.2. The summed E-state index contributed by atoms with van der Waals surface area (Å²) in [5.41, 5.74) is 3.82. The molecular formula is C24H23ClN2O3S. The summed E-state index contributed by atoms with van der Waals surface area (Å²) < 4.78 is 26.2. The minimum absolute atomic E-state index is 0.0873. The fraction of sp³-hybridized carbons (Fsp3) is 0.208. The molecule has 4 rings (SSSR count). The number of benzene rings is 3. The van der Waals surface area contributed by atoms with E-state index in [0.717, 1.165) is 24.8 Å². The lowest BCUT2D eigenvalue weighted by molar-refractivity contribution is 0.0985. The van der Waals surface area contributed by atoms with Crippen LogP contribution in [0.5, 0.6) is 0 Å². The lowest BCUT2D eigenvalue weighted by Crippen LogP contribution is -2.35. The minimum Gasteiger partial charge on any atom is -0.308 e. The number of para-hydroxylation sites is 1. The van der Waals surface area contributed by atoms with Crippen LogP contribution in [0.3, 0.4) is 0 Å². The van der Waals surface area contributed by atoms with Gasteiger partial charge in [0.05, 0.1) is 18.5 Å². The monoisotopic (exact) mass is 454 g/mol. The molecule has 31 heavy (non-hydrogen) atoms. The second-order valence-electron chi connectivity index (χ2n) is 7.60. The lowest BCUT2D eigenvalue weighted by atomic mass is 10.0.